The van der Waals surface area contributed by atoms with E-state index in [4.69, 9.17) is 16.3 Å². The molecule has 0 unspecified atom stereocenters. The molecule has 0 radical (unpaired) electrons. The van der Waals surface area contributed by atoms with Crippen LogP contribution in [0, 0.1) is 6.92 Å². The van der Waals surface area contributed by atoms with Crippen molar-refractivity contribution in [2.75, 3.05) is 0 Å². The normalized spacial score (nSPS) is 12.5. The minimum Gasteiger partial charge on any atom is -0.483 e. The Hall–Kier alpha value is -4.38. The van der Waals surface area contributed by atoms with E-state index >= 15 is 0 Å². The van der Waals surface area contributed by atoms with Crippen LogP contribution < -0.4 is 9.47 Å². The van der Waals surface area contributed by atoms with E-state index in [2.05, 4.69) is 25.4 Å². The average molecular weight is 556 g/mol. The molecule has 39 heavy (non-hydrogen) atoms. The van der Waals surface area contributed by atoms with Crippen LogP contribution in [-0.2, 0) is 6.54 Å². The van der Waals surface area contributed by atoms with Crippen LogP contribution in [0.3, 0.4) is 0 Å². The third-order valence-electron chi connectivity index (χ3n) is 6.14. The Labute approximate surface area is 225 Å². The van der Waals surface area contributed by atoms with Gasteiger partial charge in [-0.3, -0.25) is 4.79 Å². The molecule has 0 aliphatic rings. The van der Waals surface area contributed by atoms with E-state index in [0.29, 0.717) is 44.3 Å². The molecule has 1 atom stereocenters. The summed E-state index contributed by atoms with van der Waals surface area (Å²) in [7, 11) is 0. The Kier molecular flexibility index (Phi) is 7.00. The lowest BCUT2D eigenvalue weighted by atomic mass is 10.0. The molecule has 0 aliphatic carbocycles. The highest BCUT2D eigenvalue weighted by atomic mass is 35.5. The first kappa shape index (κ1) is 26.2. The molecule has 2 aromatic heterocycles. The molecule has 1 N–H and O–H groups in total. The Morgan fingerprint density at radius 2 is 1.85 bits per heavy atom. The van der Waals surface area contributed by atoms with E-state index in [1.54, 1.807) is 60.9 Å². The molecule has 0 bridgehead atoms. The summed E-state index contributed by atoms with van der Waals surface area (Å²) in [6.07, 6.45) is -5.33. The molecule has 5 aromatic rings. The topological polar surface area (TPSA) is 94.9 Å². The van der Waals surface area contributed by atoms with Crippen molar-refractivity contribution in [3.8, 4) is 11.5 Å². The zero-order valence-electron chi connectivity index (χ0n) is 20.7. The van der Waals surface area contributed by atoms with Gasteiger partial charge in [-0.25, -0.2) is 0 Å². The van der Waals surface area contributed by atoms with Crippen LogP contribution in [0.25, 0.3) is 10.9 Å². The highest BCUT2D eigenvalue weighted by molar-refractivity contribution is 6.30. The standard InChI is InChI=1S/C27H21ClF3N5O3/c1-15-24(25(37)18-6-8-19(28)9-7-18)22-11-10-21(39-27(29,30)31)13-23(22)36(15)14-17-4-3-5-20(12-17)38-16(2)26-32-34-35-33-26/h3-13,16H,14H2,1-2H3,(H,32,33,34,35)/t16-/m0/s1. The number of fused-ring (bicyclic) bond motifs is 1. The third-order valence-corrected chi connectivity index (χ3v) is 6.39. The van der Waals surface area contributed by atoms with Crippen LogP contribution in [-0.4, -0.2) is 37.3 Å². The molecule has 5 rings (SSSR count). The molecule has 8 nitrogen and oxygen atoms in total. The van der Waals surface area contributed by atoms with Crippen molar-refractivity contribution in [2.24, 2.45) is 0 Å². The largest absolute Gasteiger partial charge is 0.573 e. The summed E-state index contributed by atoms with van der Waals surface area (Å²) >= 11 is 5.98. The quantitative estimate of drug-likeness (QED) is 0.222. The summed E-state index contributed by atoms with van der Waals surface area (Å²) in [4.78, 5) is 13.6. The number of aromatic amines is 1. The van der Waals surface area contributed by atoms with Gasteiger partial charge in [0, 0.05) is 34.3 Å². The highest BCUT2D eigenvalue weighted by Crippen LogP contribution is 2.34. The first-order valence-corrected chi connectivity index (χ1v) is 12.1. The van der Waals surface area contributed by atoms with Crippen LogP contribution in [0.2, 0.25) is 5.02 Å². The molecule has 200 valence electrons. The SMILES string of the molecule is Cc1c(C(=O)c2ccc(Cl)cc2)c2ccc(OC(F)(F)F)cc2n1Cc1cccc(O[C@@H](C)c2nn[nH]n2)c1. The number of hydrogen-bond donors (Lipinski definition) is 1. The number of aromatic nitrogens is 5. The van der Waals surface area contributed by atoms with E-state index in [-0.39, 0.29) is 18.1 Å². The van der Waals surface area contributed by atoms with Crippen LogP contribution >= 0.6 is 11.6 Å². The summed E-state index contributed by atoms with van der Waals surface area (Å²) in [6, 6.07) is 17.6. The van der Waals surface area contributed by atoms with Gasteiger partial charge in [-0.2, -0.15) is 5.21 Å². The summed E-state index contributed by atoms with van der Waals surface area (Å²) in [6.45, 7) is 3.78. The number of H-pyrrole nitrogens is 1. The van der Waals surface area contributed by atoms with Crippen molar-refractivity contribution in [2.45, 2.75) is 32.9 Å². The average Bonchev–Trinajstić information content (AvgIpc) is 3.51. The number of nitrogens with one attached hydrogen (secondary N) is 1. The summed E-state index contributed by atoms with van der Waals surface area (Å²) < 4.78 is 50.8. The van der Waals surface area contributed by atoms with Crippen LogP contribution in [0.4, 0.5) is 13.2 Å². The molecule has 0 saturated carbocycles. The number of nitrogens with zero attached hydrogens (tertiary/aromatic N) is 4. The maximum atomic E-state index is 13.6. The van der Waals surface area contributed by atoms with Gasteiger partial charge >= 0.3 is 6.36 Å². The first-order chi connectivity index (χ1) is 18.6. The lowest BCUT2D eigenvalue weighted by molar-refractivity contribution is -0.274. The second-order valence-corrected chi connectivity index (χ2v) is 9.22. The molecule has 3 aromatic carbocycles. The van der Waals surface area contributed by atoms with Crippen LogP contribution in [0.5, 0.6) is 11.5 Å². The van der Waals surface area contributed by atoms with Gasteiger partial charge < -0.3 is 14.0 Å². The number of ether oxygens (including phenoxy) is 2. The number of tetrazole rings is 1. The van der Waals surface area contributed by atoms with Crippen molar-refractivity contribution in [3.05, 3.63) is 100.0 Å². The van der Waals surface area contributed by atoms with E-state index in [9.17, 15) is 18.0 Å². The fourth-order valence-corrected chi connectivity index (χ4v) is 4.51. The van der Waals surface area contributed by atoms with E-state index in [1.165, 1.54) is 18.2 Å². The minimum atomic E-state index is -4.86. The Morgan fingerprint density at radius 3 is 2.54 bits per heavy atom. The number of carbonyl (C=O) groups excluding carboxylic acids is 1. The van der Waals surface area contributed by atoms with Gasteiger partial charge in [0.05, 0.1) is 11.1 Å². The molecule has 0 spiro atoms. The van der Waals surface area contributed by atoms with Crippen LogP contribution in [0.1, 0.15) is 46.0 Å². The Balaban J connectivity index is 1.55. The molecular formula is C27H21ClF3N5O3. The lowest BCUT2D eigenvalue weighted by Crippen LogP contribution is -2.17. The van der Waals surface area contributed by atoms with E-state index in [0.717, 1.165) is 5.56 Å². The Morgan fingerprint density at radius 1 is 1.08 bits per heavy atom. The predicted octanol–water partition coefficient (Wildman–Crippen LogP) is 6.43. The molecule has 0 amide bonds. The van der Waals surface area contributed by atoms with Crippen LogP contribution in [0.15, 0.2) is 66.7 Å². The zero-order valence-corrected chi connectivity index (χ0v) is 21.4. The number of benzene rings is 3. The Bertz CT molecular complexity index is 1630. The fourth-order valence-electron chi connectivity index (χ4n) is 4.39. The van der Waals surface area contributed by atoms with Gasteiger partial charge in [0.1, 0.15) is 11.5 Å². The van der Waals surface area contributed by atoms with Crippen molar-refractivity contribution in [1.29, 1.82) is 0 Å². The lowest BCUT2D eigenvalue weighted by Gasteiger charge is -2.14. The number of hydrogen-bond acceptors (Lipinski definition) is 6. The van der Waals surface area contributed by atoms with Gasteiger partial charge in [0.25, 0.3) is 0 Å². The second kappa shape index (κ2) is 10.4. The minimum absolute atomic E-state index is 0.249. The number of carbonyl (C=O) groups is 1. The number of ketones is 1. The molecule has 12 heteroatoms. The summed E-state index contributed by atoms with van der Waals surface area (Å²) in [5.74, 6) is 0.265. The molecule has 2 heterocycles. The first-order valence-electron chi connectivity index (χ1n) is 11.8. The van der Waals surface area contributed by atoms with E-state index in [1.807, 2.05) is 6.07 Å². The summed E-state index contributed by atoms with van der Waals surface area (Å²) in [5.41, 5.74) is 2.58. The van der Waals surface area contributed by atoms with Gasteiger partial charge in [-0.05, 0) is 67.9 Å². The molecule has 0 fully saturated rings. The predicted molar refractivity (Wildman–Crippen MR) is 137 cm³/mol. The molecular weight excluding hydrogens is 535 g/mol. The van der Waals surface area contributed by atoms with Crippen molar-refractivity contribution in [3.63, 3.8) is 0 Å². The number of alkyl halides is 3. The van der Waals surface area contributed by atoms with Gasteiger partial charge in [0.15, 0.2) is 11.9 Å². The van der Waals surface area contributed by atoms with Gasteiger partial charge in [-0.1, -0.05) is 28.9 Å². The molecule has 0 saturated heterocycles. The monoisotopic (exact) mass is 555 g/mol. The number of halogens is 4. The van der Waals surface area contributed by atoms with Crippen molar-refractivity contribution in [1.82, 2.24) is 25.2 Å². The fraction of sp³-hybridized carbons (Fsp3) is 0.185. The second-order valence-electron chi connectivity index (χ2n) is 8.79. The third kappa shape index (κ3) is 5.73. The maximum absolute atomic E-state index is 13.6. The summed E-state index contributed by atoms with van der Waals surface area (Å²) in [5, 5.41) is 14.7. The van der Waals surface area contributed by atoms with E-state index < -0.39 is 12.5 Å². The van der Waals surface area contributed by atoms with Crippen molar-refractivity contribution >= 4 is 28.3 Å². The van der Waals surface area contributed by atoms with Crippen molar-refractivity contribution < 1.29 is 27.4 Å². The number of rotatable bonds is 8. The molecule has 0 aliphatic heterocycles. The maximum Gasteiger partial charge on any atom is 0.573 e. The highest BCUT2D eigenvalue weighted by Gasteiger charge is 2.32. The zero-order chi connectivity index (χ0) is 27.7. The van der Waals surface area contributed by atoms with Gasteiger partial charge in [-0.15, -0.1) is 23.4 Å². The van der Waals surface area contributed by atoms with Gasteiger partial charge in [0.2, 0.25) is 5.82 Å². The smallest absolute Gasteiger partial charge is 0.483 e.